The Balaban J connectivity index is 1.77. The van der Waals surface area contributed by atoms with E-state index in [1.807, 2.05) is 17.5 Å². The molecule has 2 N–H and O–H groups in total. The number of aliphatic hydroxyl groups excluding tert-OH is 1. The second kappa shape index (κ2) is 5.38. The molecule has 2 aromatic heterocycles. The summed E-state index contributed by atoms with van der Waals surface area (Å²) in [5, 5.41) is 14.6. The van der Waals surface area contributed by atoms with Crippen molar-refractivity contribution < 1.29 is 9.90 Å². The van der Waals surface area contributed by atoms with Crippen molar-refractivity contribution in [2.75, 3.05) is 0 Å². The third-order valence-electron chi connectivity index (χ3n) is 3.78. The van der Waals surface area contributed by atoms with E-state index >= 15 is 0 Å². The summed E-state index contributed by atoms with van der Waals surface area (Å²) in [7, 11) is 1.80. The number of nitrogens with one attached hydrogen (secondary N) is 1. The monoisotopic (exact) mass is 291 g/mol. The number of imidazole rings is 1. The third kappa shape index (κ3) is 2.48. The van der Waals surface area contributed by atoms with Gasteiger partial charge in [0.15, 0.2) is 5.82 Å². The largest absolute Gasteiger partial charge is 0.393 e. The molecule has 2 heterocycles. The van der Waals surface area contributed by atoms with Gasteiger partial charge in [0.05, 0.1) is 12.1 Å². The standard InChI is InChI=1S/C14H17N3O2S/c1-17-5-4-15-13(17)14(19)16-12(9-7-10(18)8-9)11-3-2-6-20-11/h2-6,9-10,12,18H,7-8H2,1H3,(H,16,19). The summed E-state index contributed by atoms with van der Waals surface area (Å²) in [4.78, 5) is 17.5. The number of aliphatic hydroxyl groups is 1. The average molecular weight is 291 g/mol. The molecule has 1 aliphatic rings. The summed E-state index contributed by atoms with van der Waals surface area (Å²) in [5.74, 6) is 0.539. The first kappa shape index (κ1) is 13.3. The van der Waals surface area contributed by atoms with Crippen LogP contribution in [-0.4, -0.2) is 26.7 Å². The zero-order valence-electron chi connectivity index (χ0n) is 11.2. The Morgan fingerprint density at radius 1 is 1.60 bits per heavy atom. The Morgan fingerprint density at radius 3 is 2.95 bits per heavy atom. The zero-order chi connectivity index (χ0) is 14.1. The molecule has 0 radical (unpaired) electrons. The molecule has 1 fully saturated rings. The van der Waals surface area contributed by atoms with E-state index in [1.165, 1.54) is 0 Å². The highest BCUT2D eigenvalue weighted by molar-refractivity contribution is 7.10. The van der Waals surface area contributed by atoms with Crippen LogP contribution in [0.4, 0.5) is 0 Å². The fourth-order valence-electron chi connectivity index (χ4n) is 2.58. The topological polar surface area (TPSA) is 67.2 Å². The zero-order valence-corrected chi connectivity index (χ0v) is 12.0. The van der Waals surface area contributed by atoms with Gasteiger partial charge in [0.1, 0.15) is 0 Å². The number of carbonyl (C=O) groups is 1. The van der Waals surface area contributed by atoms with Gasteiger partial charge in [-0.2, -0.15) is 0 Å². The molecule has 1 amide bonds. The van der Waals surface area contributed by atoms with E-state index in [0.717, 1.165) is 17.7 Å². The number of hydrogen-bond donors (Lipinski definition) is 2. The SMILES string of the molecule is Cn1ccnc1C(=O)NC(c1cccs1)C1CC(O)C1. The molecule has 20 heavy (non-hydrogen) atoms. The number of rotatable bonds is 4. The Labute approximate surface area is 121 Å². The molecule has 1 unspecified atom stereocenters. The highest BCUT2D eigenvalue weighted by Crippen LogP contribution is 2.39. The summed E-state index contributed by atoms with van der Waals surface area (Å²) in [6.07, 6.45) is 4.62. The molecule has 0 spiro atoms. The van der Waals surface area contributed by atoms with Crippen LogP contribution in [-0.2, 0) is 7.05 Å². The summed E-state index contributed by atoms with van der Waals surface area (Å²) >= 11 is 1.63. The van der Waals surface area contributed by atoms with Gasteiger partial charge in [-0.25, -0.2) is 4.98 Å². The smallest absolute Gasteiger partial charge is 0.287 e. The maximum Gasteiger partial charge on any atom is 0.287 e. The van der Waals surface area contributed by atoms with Crippen molar-refractivity contribution in [3.63, 3.8) is 0 Å². The predicted molar refractivity (Wildman–Crippen MR) is 76.5 cm³/mol. The minimum atomic E-state index is -0.229. The molecule has 6 heteroatoms. The lowest BCUT2D eigenvalue weighted by molar-refractivity contribution is 0.0239. The molecular formula is C14H17N3O2S. The summed E-state index contributed by atoms with van der Waals surface area (Å²) in [6.45, 7) is 0. The van der Waals surface area contributed by atoms with Crippen LogP contribution in [0.1, 0.15) is 34.4 Å². The van der Waals surface area contributed by atoms with E-state index in [9.17, 15) is 9.90 Å². The van der Waals surface area contributed by atoms with Gasteiger partial charge < -0.3 is 15.0 Å². The minimum Gasteiger partial charge on any atom is -0.393 e. The molecule has 106 valence electrons. The first-order chi connectivity index (χ1) is 9.65. The van der Waals surface area contributed by atoms with E-state index in [0.29, 0.717) is 11.7 Å². The Hall–Kier alpha value is -1.66. The number of nitrogens with zero attached hydrogens (tertiary/aromatic N) is 2. The molecule has 5 nitrogen and oxygen atoms in total. The van der Waals surface area contributed by atoms with Gasteiger partial charge in [0, 0.05) is 24.3 Å². The van der Waals surface area contributed by atoms with Crippen LogP contribution in [0, 0.1) is 5.92 Å². The number of aromatic nitrogens is 2. The average Bonchev–Trinajstić information content (AvgIpc) is 3.03. The highest BCUT2D eigenvalue weighted by Gasteiger charge is 2.36. The van der Waals surface area contributed by atoms with Gasteiger partial charge in [-0.3, -0.25) is 4.79 Å². The molecule has 0 aliphatic heterocycles. The maximum absolute atomic E-state index is 12.3. The fourth-order valence-corrected chi connectivity index (χ4v) is 3.45. The van der Waals surface area contributed by atoms with E-state index in [4.69, 9.17) is 0 Å². The van der Waals surface area contributed by atoms with Gasteiger partial charge >= 0.3 is 0 Å². The number of aryl methyl sites for hydroxylation is 1. The van der Waals surface area contributed by atoms with Crippen molar-refractivity contribution in [2.24, 2.45) is 13.0 Å². The first-order valence-corrected chi connectivity index (χ1v) is 7.52. The molecule has 2 aromatic rings. The summed E-state index contributed by atoms with van der Waals surface area (Å²) in [6, 6.07) is 3.97. The van der Waals surface area contributed by atoms with E-state index < -0.39 is 0 Å². The van der Waals surface area contributed by atoms with Gasteiger partial charge in [-0.15, -0.1) is 11.3 Å². The molecular weight excluding hydrogens is 274 g/mol. The lowest BCUT2D eigenvalue weighted by Crippen LogP contribution is -2.41. The van der Waals surface area contributed by atoms with Crippen LogP contribution in [0.15, 0.2) is 29.9 Å². The van der Waals surface area contributed by atoms with Gasteiger partial charge in [-0.1, -0.05) is 6.07 Å². The maximum atomic E-state index is 12.3. The predicted octanol–water partition coefficient (Wildman–Crippen LogP) is 1.72. The Bertz CT molecular complexity index is 587. The number of thiophene rings is 1. The van der Waals surface area contributed by atoms with Gasteiger partial charge in [0.2, 0.25) is 0 Å². The normalized spacial score (nSPS) is 23.1. The van der Waals surface area contributed by atoms with E-state index in [2.05, 4.69) is 10.3 Å². The minimum absolute atomic E-state index is 0.0393. The van der Waals surface area contributed by atoms with Gasteiger partial charge in [-0.05, 0) is 30.2 Å². The van der Waals surface area contributed by atoms with Crippen molar-refractivity contribution >= 4 is 17.2 Å². The van der Waals surface area contributed by atoms with Crippen molar-refractivity contribution in [1.82, 2.24) is 14.9 Å². The lowest BCUT2D eigenvalue weighted by Gasteiger charge is -2.37. The molecule has 3 rings (SSSR count). The molecule has 1 aliphatic carbocycles. The first-order valence-electron chi connectivity index (χ1n) is 6.65. The number of carbonyl (C=O) groups excluding carboxylic acids is 1. The van der Waals surface area contributed by atoms with Crippen LogP contribution in [0.2, 0.25) is 0 Å². The van der Waals surface area contributed by atoms with Crippen molar-refractivity contribution in [3.05, 3.63) is 40.6 Å². The van der Waals surface area contributed by atoms with Crippen LogP contribution in [0.3, 0.4) is 0 Å². The van der Waals surface area contributed by atoms with E-state index in [-0.39, 0.29) is 18.1 Å². The Morgan fingerprint density at radius 2 is 2.40 bits per heavy atom. The summed E-state index contributed by atoms with van der Waals surface area (Å²) in [5.41, 5.74) is 0. The van der Waals surface area contributed by atoms with Crippen LogP contribution >= 0.6 is 11.3 Å². The second-order valence-electron chi connectivity index (χ2n) is 5.21. The quantitative estimate of drug-likeness (QED) is 0.901. The molecule has 0 bridgehead atoms. The van der Waals surface area contributed by atoms with E-state index in [1.54, 1.807) is 35.3 Å². The molecule has 1 atom stereocenters. The fraction of sp³-hybridized carbons (Fsp3) is 0.429. The molecule has 0 aromatic carbocycles. The Kier molecular flexibility index (Phi) is 3.58. The number of hydrogen-bond acceptors (Lipinski definition) is 4. The lowest BCUT2D eigenvalue weighted by atomic mass is 9.77. The van der Waals surface area contributed by atoms with Crippen LogP contribution < -0.4 is 5.32 Å². The van der Waals surface area contributed by atoms with Crippen LogP contribution in [0.25, 0.3) is 0 Å². The van der Waals surface area contributed by atoms with Crippen LogP contribution in [0.5, 0.6) is 0 Å². The van der Waals surface area contributed by atoms with Gasteiger partial charge in [0.25, 0.3) is 5.91 Å². The number of amides is 1. The summed E-state index contributed by atoms with van der Waals surface area (Å²) < 4.78 is 1.70. The molecule has 1 saturated carbocycles. The van der Waals surface area contributed by atoms with Crippen molar-refractivity contribution in [3.8, 4) is 0 Å². The second-order valence-corrected chi connectivity index (χ2v) is 6.19. The third-order valence-corrected chi connectivity index (χ3v) is 4.74. The van der Waals surface area contributed by atoms with Crippen molar-refractivity contribution in [1.29, 1.82) is 0 Å². The highest BCUT2D eigenvalue weighted by atomic mass is 32.1. The van der Waals surface area contributed by atoms with Crippen molar-refractivity contribution in [2.45, 2.75) is 25.0 Å². The molecule has 0 saturated heterocycles.